The van der Waals surface area contributed by atoms with E-state index in [0.717, 1.165) is 4.80 Å². The summed E-state index contributed by atoms with van der Waals surface area (Å²) in [5.74, 6) is -0.604. The van der Waals surface area contributed by atoms with Crippen LogP contribution in [0.15, 0.2) is 12.4 Å². The number of anilines is 1. The first kappa shape index (κ1) is 11.9. The lowest BCUT2D eigenvalue weighted by molar-refractivity contribution is -0.141. The SMILES string of the molecule is CCC(C(=O)O)n1nnc(-c2cnc(N)nc2)n1. The number of carbonyl (C=O) groups is 1. The lowest BCUT2D eigenvalue weighted by Crippen LogP contribution is -2.20. The lowest BCUT2D eigenvalue weighted by Gasteiger charge is -2.06. The average Bonchev–Trinajstić information content (AvgIpc) is 2.80. The molecule has 0 aliphatic carbocycles. The molecule has 3 N–H and O–H groups in total. The molecule has 2 rings (SSSR count). The van der Waals surface area contributed by atoms with Gasteiger partial charge in [0.05, 0.1) is 5.56 Å². The number of aliphatic carboxylic acids is 1. The highest BCUT2D eigenvalue weighted by atomic mass is 16.4. The number of hydrogen-bond donors (Lipinski definition) is 2. The van der Waals surface area contributed by atoms with E-state index in [9.17, 15) is 4.79 Å². The second-order valence-corrected chi connectivity index (χ2v) is 3.53. The summed E-state index contributed by atoms with van der Waals surface area (Å²) in [6.45, 7) is 1.73. The molecule has 9 heteroatoms. The molecule has 0 radical (unpaired) electrons. The number of hydrogen-bond acceptors (Lipinski definition) is 7. The molecule has 18 heavy (non-hydrogen) atoms. The van der Waals surface area contributed by atoms with Crippen molar-refractivity contribution in [1.29, 1.82) is 0 Å². The van der Waals surface area contributed by atoms with E-state index in [1.165, 1.54) is 12.4 Å². The third kappa shape index (κ3) is 2.24. The number of carboxylic acid groups (broad SMARTS) is 1. The van der Waals surface area contributed by atoms with Crippen molar-refractivity contribution >= 4 is 11.9 Å². The monoisotopic (exact) mass is 249 g/mol. The maximum Gasteiger partial charge on any atom is 0.330 e. The summed E-state index contributed by atoms with van der Waals surface area (Å²) in [4.78, 5) is 19.6. The van der Waals surface area contributed by atoms with Crippen LogP contribution < -0.4 is 5.73 Å². The van der Waals surface area contributed by atoms with E-state index < -0.39 is 12.0 Å². The Morgan fingerprint density at radius 3 is 2.72 bits per heavy atom. The Hall–Kier alpha value is -2.58. The standard InChI is InChI=1S/C9H11N7O2/c1-2-6(8(17)18)16-14-7(13-15-16)5-3-11-9(10)12-4-5/h3-4,6H,2H2,1H3,(H,17,18)(H2,10,11,12). The Morgan fingerprint density at radius 2 is 2.17 bits per heavy atom. The van der Waals surface area contributed by atoms with Gasteiger partial charge in [-0.2, -0.15) is 0 Å². The number of rotatable bonds is 4. The van der Waals surface area contributed by atoms with Crippen molar-refractivity contribution in [3.8, 4) is 11.4 Å². The molecule has 0 amide bonds. The molecule has 1 unspecified atom stereocenters. The van der Waals surface area contributed by atoms with Gasteiger partial charge in [0.15, 0.2) is 6.04 Å². The van der Waals surface area contributed by atoms with Gasteiger partial charge in [-0.3, -0.25) is 0 Å². The molecule has 0 aliphatic rings. The van der Waals surface area contributed by atoms with E-state index in [4.69, 9.17) is 10.8 Å². The van der Waals surface area contributed by atoms with Crippen molar-refractivity contribution in [2.24, 2.45) is 0 Å². The molecule has 0 spiro atoms. The summed E-state index contributed by atoms with van der Waals surface area (Å²) >= 11 is 0. The van der Waals surface area contributed by atoms with Crippen molar-refractivity contribution in [2.75, 3.05) is 5.73 Å². The molecule has 0 fully saturated rings. The zero-order valence-electron chi connectivity index (χ0n) is 9.56. The van der Waals surface area contributed by atoms with E-state index in [1.807, 2.05) is 0 Å². The summed E-state index contributed by atoms with van der Waals surface area (Å²) in [6, 6.07) is -0.832. The first-order valence-corrected chi connectivity index (χ1v) is 5.22. The van der Waals surface area contributed by atoms with E-state index in [2.05, 4.69) is 25.4 Å². The Kier molecular flexibility index (Phi) is 3.13. The van der Waals surface area contributed by atoms with Crippen LogP contribution in [0.4, 0.5) is 5.95 Å². The number of tetrazole rings is 1. The van der Waals surface area contributed by atoms with Gasteiger partial charge in [0.25, 0.3) is 0 Å². The molecule has 9 nitrogen and oxygen atoms in total. The largest absolute Gasteiger partial charge is 0.480 e. The lowest BCUT2D eigenvalue weighted by atomic mass is 10.2. The molecule has 0 aliphatic heterocycles. The van der Waals surface area contributed by atoms with E-state index in [-0.39, 0.29) is 11.8 Å². The second kappa shape index (κ2) is 4.73. The summed E-state index contributed by atoms with van der Waals surface area (Å²) in [6.07, 6.45) is 3.26. The minimum Gasteiger partial charge on any atom is -0.480 e. The summed E-state index contributed by atoms with van der Waals surface area (Å²) in [5.41, 5.74) is 5.88. The maximum absolute atomic E-state index is 11.0. The first-order valence-electron chi connectivity index (χ1n) is 5.22. The van der Waals surface area contributed by atoms with Gasteiger partial charge >= 0.3 is 5.97 Å². The predicted octanol–water partition coefficient (Wildman–Crippen LogP) is -0.252. The van der Waals surface area contributed by atoms with Crippen LogP contribution in [0.5, 0.6) is 0 Å². The molecule has 2 heterocycles. The maximum atomic E-state index is 11.0. The van der Waals surface area contributed by atoms with Gasteiger partial charge in [-0.1, -0.05) is 6.92 Å². The molecule has 2 aromatic heterocycles. The number of nitrogens with two attached hydrogens (primary N) is 1. The van der Waals surface area contributed by atoms with Gasteiger partial charge in [-0.25, -0.2) is 14.8 Å². The van der Waals surface area contributed by atoms with Crippen LogP contribution in [0.25, 0.3) is 11.4 Å². The van der Waals surface area contributed by atoms with Gasteiger partial charge in [0.2, 0.25) is 11.8 Å². The molecule has 0 saturated carbocycles. The predicted molar refractivity (Wildman–Crippen MR) is 60.2 cm³/mol. The Bertz CT molecular complexity index is 550. The number of nitrogen functional groups attached to an aromatic ring is 1. The molecule has 2 aromatic rings. The fourth-order valence-corrected chi connectivity index (χ4v) is 1.36. The quantitative estimate of drug-likeness (QED) is 0.757. The van der Waals surface area contributed by atoms with Crippen molar-refractivity contribution in [1.82, 2.24) is 30.2 Å². The molecular weight excluding hydrogens is 238 g/mol. The smallest absolute Gasteiger partial charge is 0.330 e. The third-order valence-electron chi connectivity index (χ3n) is 2.31. The van der Waals surface area contributed by atoms with Gasteiger partial charge in [0.1, 0.15) is 0 Å². The van der Waals surface area contributed by atoms with Gasteiger partial charge in [-0.05, 0) is 11.6 Å². The zero-order chi connectivity index (χ0) is 13.1. The minimum atomic E-state index is -1.00. The van der Waals surface area contributed by atoms with E-state index >= 15 is 0 Å². The van der Waals surface area contributed by atoms with Crippen LogP contribution in [0.1, 0.15) is 19.4 Å². The van der Waals surface area contributed by atoms with Crippen LogP contribution >= 0.6 is 0 Å². The summed E-state index contributed by atoms with van der Waals surface area (Å²) in [7, 11) is 0. The highest BCUT2D eigenvalue weighted by Gasteiger charge is 2.20. The van der Waals surface area contributed by atoms with Crippen LogP contribution in [-0.2, 0) is 4.79 Å². The van der Waals surface area contributed by atoms with Crippen molar-refractivity contribution < 1.29 is 9.90 Å². The van der Waals surface area contributed by atoms with E-state index in [1.54, 1.807) is 6.92 Å². The highest BCUT2D eigenvalue weighted by Crippen LogP contribution is 2.14. The number of carboxylic acids is 1. The first-order chi connectivity index (χ1) is 8.61. The molecule has 94 valence electrons. The second-order valence-electron chi connectivity index (χ2n) is 3.53. The van der Waals surface area contributed by atoms with Gasteiger partial charge in [0, 0.05) is 12.4 Å². The number of aromatic nitrogens is 6. The Balaban J connectivity index is 2.30. The molecular formula is C9H11N7O2. The van der Waals surface area contributed by atoms with Crippen LogP contribution in [0, 0.1) is 0 Å². The van der Waals surface area contributed by atoms with Crippen molar-refractivity contribution in [2.45, 2.75) is 19.4 Å². The van der Waals surface area contributed by atoms with Crippen LogP contribution in [-0.4, -0.2) is 41.3 Å². The van der Waals surface area contributed by atoms with Crippen LogP contribution in [0.2, 0.25) is 0 Å². The summed E-state index contributed by atoms with van der Waals surface area (Å²) in [5, 5.41) is 20.4. The topological polar surface area (TPSA) is 133 Å². The fraction of sp³-hybridized carbons (Fsp3) is 0.333. The van der Waals surface area contributed by atoms with Gasteiger partial charge in [-0.15, -0.1) is 15.0 Å². The summed E-state index contributed by atoms with van der Waals surface area (Å²) < 4.78 is 0. The normalized spacial score (nSPS) is 12.3. The fourth-order valence-electron chi connectivity index (χ4n) is 1.36. The molecule has 1 atom stereocenters. The van der Waals surface area contributed by atoms with Crippen molar-refractivity contribution in [3.05, 3.63) is 12.4 Å². The Labute approximate surface area is 102 Å². The third-order valence-corrected chi connectivity index (χ3v) is 2.31. The molecule has 0 saturated heterocycles. The molecule has 0 bridgehead atoms. The minimum absolute atomic E-state index is 0.142. The van der Waals surface area contributed by atoms with Gasteiger partial charge < -0.3 is 10.8 Å². The molecule has 0 aromatic carbocycles. The average molecular weight is 249 g/mol. The Morgan fingerprint density at radius 1 is 1.50 bits per heavy atom. The highest BCUT2D eigenvalue weighted by molar-refractivity contribution is 5.71. The van der Waals surface area contributed by atoms with Crippen molar-refractivity contribution in [3.63, 3.8) is 0 Å². The number of nitrogens with zero attached hydrogens (tertiary/aromatic N) is 6. The van der Waals surface area contributed by atoms with E-state index in [0.29, 0.717) is 12.0 Å². The zero-order valence-corrected chi connectivity index (χ0v) is 9.56. The van der Waals surface area contributed by atoms with Crippen LogP contribution in [0.3, 0.4) is 0 Å².